The van der Waals surface area contributed by atoms with Crippen LogP contribution in [0.2, 0.25) is 0 Å². The minimum atomic E-state index is -2.54. The molecule has 0 saturated heterocycles. The molecule has 0 radical (unpaired) electrons. The molecule has 1 aromatic heterocycles. The van der Waals surface area contributed by atoms with Gasteiger partial charge < -0.3 is 14.8 Å². The lowest BCUT2D eigenvalue weighted by Crippen LogP contribution is -2.15. The van der Waals surface area contributed by atoms with E-state index in [9.17, 15) is 18.4 Å². The first-order chi connectivity index (χ1) is 9.93. The normalized spacial score (nSPS) is 10.7. The van der Waals surface area contributed by atoms with E-state index in [0.717, 1.165) is 11.3 Å². The molecule has 1 aromatic rings. The molecule has 21 heavy (non-hydrogen) atoms. The second-order valence-corrected chi connectivity index (χ2v) is 5.16. The smallest absolute Gasteiger partial charge is 0.348 e. The molecular formula is C13H17F2NO4S. The number of carbonyl (C=O) groups excluding carboxylic acids is 2. The van der Waals surface area contributed by atoms with E-state index in [1.54, 1.807) is 19.9 Å². The molecule has 0 aliphatic rings. The number of thiophene rings is 1. The molecule has 0 saturated carbocycles. The molecule has 1 amide bonds. The van der Waals surface area contributed by atoms with E-state index in [1.807, 2.05) is 0 Å². The second-order valence-electron chi connectivity index (χ2n) is 4.11. The summed E-state index contributed by atoms with van der Waals surface area (Å²) < 4.78 is 33.2. The summed E-state index contributed by atoms with van der Waals surface area (Å²) in [5.41, 5.74) is 0.711. The van der Waals surface area contributed by atoms with Gasteiger partial charge >= 0.3 is 5.97 Å². The van der Waals surface area contributed by atoms with Gasteiger partial charge in [-0.05, 0) is 25.5 Å². The predicted octanol–water partition coefficient (Wildman–Crippen LogP) is 2.84. The van der Waals surface area contributed by atoms with Crippen LogP contribution in [-0.4, -0.2) is 38.1 Å². The number of halogens is 2. The van der Waals surface area contributed by atoms with Gasteiger partial charge in [0.05, 0.1) is 24.6 Å². The maximum atomic E-state index is 11.8. The van der Waals surface area contributed by atoms with Gasteiger partial charge in [0.15, 0.2) is 0 Å². The molecular weight excluding hydrogens is 304 g/mol. The number of nitrogens with one attached hydrogen (secondary N) is 1. The van der Waals surface area contributed by atoms with Gasteiger partial charge in [0.2, 0.25) is 5.91 Å². The number of alkyl halides is 2. The Morgan fingerprint density at radius 3 is 2.76 bits per heavy atom. The Morgan fingerprint density at radius 1 is 1.43 bits per heavy atom. The molecule has 0 spiro atoms. The molecule has 0 aromatic carbocycles. The molecule has 8 heteroatoms. The Hall–Kier alpha value is -1.54. The van der Waals surface area contributed by atoms with Crippen LogP contribution in [0.25, 0.3) is 0 Å². The van der Waals surface area contributed by atoms with Crippen LogP contribution in [0.1, 0.15) is 28.6 Å². The van der Waals surface area contributed by atoms with E-state index >= 15 is 0 Å². The largest absolute Gasteiger partial charge is 0.462 e. The van der Waals surface area contributed by atoms with Crippen LogP contribution in [-0.2, 0) is 14.3 Å². The summed E-state index contributed by atoms with van der Waals surface area (Å²) in [5, 5.41) is 3.10. The first-order valence-electron chi connectivity index (χ1n) is 6.37. The predicted molar refractivity (Wildman–Crippen MR) is 75.1 cm³/mol. The highest BCUT2D eigenvalue weighted by atomic mass is 32.1. The number of hydrogen-bond acceptors (Lipinski definition) is 5. The second kappa shape index (κ2) is 8.68. The third-order valence-corrected chi connectivity index (χ3v) is 3.49. The van der Waals surface area contributed by atoms with Crippen molar-refractivity contribution in [1.29, 1.82) is 0 Å². The summed E-state index contributed by atoms with van der Waals surface area (Å²) in [6, 6.07) is 1.66. The van der Waals surface area contributed by atoms with E-state index in [4.69, 9.17) is 4.74 Å². The average molecular weight is 321 g/mol. The SMILES string of the molecule is CCOC(=O)c1sc(NC(=O)CCOCC(F)F)cc1C. The van der Waals surface area contributed by atoms with Crippen LogP contribution in [0.3, 0.4) is 0 Å². The Bertz CT molecular complexity index is 491. The standard InChI is InChI=1S/C13H17F2NO4S/c1-3-20-13(18)12-8(2)6-11(21-12)16-10(17)4-5-19-7-9(14)15/h6,9H,3-5,7H2,1-2H3,(H,16,17). The van der Waals surface area contributed by atoms with Gasteiger partial charge in [-0.1, -0.05) is 0 Å². The lowest BCUT2D eigenvalue weighted by molar-refractivity contribution is -0.117. The van der Waals surface area contributed by atoms with Gasteiger partial charge in [0, 0.05) is 0 Å². The molecule has 0 bridgehead atoms. The maximum absolute atomic E-state index is 11.8. The number of ether oxygens (including phenoxy) is 2. The molecule has 0 fully saturated rings. The van der Waals surface area contributed by atoms with Gasteiger partial charge in [0.1, 0.15) is 11.5 Å². The number of hydrogen-bond donors (Lipinski definition) is 1. The summed E-state index contributed by atoms with van der Waals surface area (Å²) >= 11 is 1.11. The van der Waals surface area contributed by atoms with Crippen molar-refractivity contribution < 1.29 is 27.8 Å². The Kier molecular flexibility index (Phi) is 7.24. The van der Waals surface area contributed by atoms with Crippen molar-refractivity contribution in [2.75, 3.05) is 25.1 Å². The number of aryl methyl sites for hydroxylation is 1. The van der Waals surface area contributed by atoms with Crippen molar-refractivity contribution >= 4 is 28.2 Å². The van der Waals surface area contributed by atoms with E-state index in [2.05, 4.69) is 10.1 Å². The van der Waals surface area contributed by atoms with Crippen LogP contribution in [0.5, 0.6) is 0 Å². The lowest BCUT2D eigenvalue weighted by atomic mass is 10.3. The van der Waals surface area contributed by atoms with Crippen LogP contribution in [0, 0.1) is 6.92 Å². The monoisotopic (exact) mass is 321 g/mol. The van der Waals surface area contributed by atoms with E-state index in [-0.39, 0.29) is 25.5 Å². The van der Waals surface area contributed by atoms with Crippen molar-refractivity contribution in [2.24, 2.45) is 0 Å². The highest BCUT2D eigenvalue weighted by Crippen LogP contribution is 2.27. The molecule has 1 heterocycles. The fourth-order valence-electron chi connectivity index (χ4n) is 1.48. The zero-order valence-corrected chi connectivity index (χ0v) is 12.6. The van der Waals surface area contributed by atoms with E-state index < -0.39 is 19.0 Å². The number of rotatable bonds is 8. The zero-order valence-electron chi connectivity index (χ0n) is 11.8. The van der Waals surface area contributed by atoms with Gasteiger partial charge in [-0.2, -0.15) is 0 Å². The molecule has 1 N–H and O–H groups in total. The molecule has 1 rings (SSSR count). The summed E-state index contributed by atoms with van der Waals surface area (Å²) in [5.74, 6) is -0.790. The number of amides is 1. The van der Waals surface area contributed by atoms with Crippen molar-refractivity contribution in [1.82, 2.24) is 0 Å². The van der Waals surface area contributed by atoms with Crippen molar-refractivity contribution in [3.63, 3.8) is 0 Å². The van der Waals surface area contributed by atoms with Gasteiger partial charge in [-0.3, -0.25) is 4.79 Å². The van der Waals surface area contributed by atoms with E-state index in [1.165, 1.54) is 0 Å². The van der Waals surface area contributed by atoms with Crippen molar-refractivity contribution in [3.05, 3.63) is 16.5 Å². The first kappa shape index (κ1) is 17.5. The maximum Gasteiger partial charge on any atom is 0.348 e. The van der Waals surface area contributed by atoms with Gasteiger partial charge in [-0.15, -0.1) is 11.3 Å². The quantitative estimate of drug-likeness (QED) is 0.591. The van der Waals surface area contributed by atoms with Crippen LogP contribution in [0.4, 0.5) is 13.8 Å². The molecule has 0 unspecified atom stereocenters. The van der Waals surface area contributed by atoms with E-state index in [0.29, 0.717) is 15.4 Å². The molecule has 0 aliphatic heterocycles. The van der Waals surface area contributed by atoms with Crippen molar-refractivity contribution in [3.8, 4) is 0 Å². The third kappa shape index (κ3) is 6.17. The summed E-state index contributed by atoms with van der Waals surface area (Å²) in [7, 11) is 0. The van der Waals surface area contributed by atoms with Gasteiger partial charge in [-0.25, -0.2) is 13.6 Å². The average Bonchev–Trinajstić information content (AvgIpc) is 2.75. The van der Waals surface area contributed by atoms with Crippen LogP contribution in [0.15, 0.2) is 6.07 Å². The number of esters is 1. The summed E-state index contributed by atoms with van der Waals surface area (Å²) in [4.78, 5) is 23.6. The topological polar surface area (TPSA) is 64.6 Å². The fourth-order valence-corrected chi connectivity index (χ4v) is 2.46. The minimum Gasteiger partial charge on any atom is -0.462 e. The molecule has 5 nitrogen and oxygen atoms in total. The molecule has 0 aliphatic carbocycles. The summed E-state index contributed by atoms with van der Waals surface area (Å²) in [6.45, 7) is 2.97. The Balaban J connectivity index is 2.46. The first-order valence-corrected chi connectivity index (χ1v) is 7.19. The summed E-state index contributed by atoms with van der Waals surface area (Å²) in [6.07, 6.45) is -2.57. The fraction of sp³-hybridized carbons (Fsp3) is 0.538. The lowest BCUT2D eigenvalue weighted by Gasteiger charge is -2.04. The minimum absolute atomic E-state index is 0.0294. The third-order valence-electron chi connectivity index (χ3n) is 2.36. The number of carbonyl (C=O) groups is 2. The zero-order chi connectivity index (χ0) is 15.8. The van der Waals surface area contributed by atoms with Gasteiger partial charge in [0.25, 0.3) is 6.43 Å². The highest BCUT2D eigenvalue weighted by Gasteiger charge is 2.15. The van der Waals surface area contributed by atoms with Crippen LogP contribution >= 0.6 is 11.3 Å². The van der Waals surface area contributed by atoms with Crippen molar-refractivity contribution in [2.45, 2.75) is 26.7 Å². The Labute approximate surface area is 125 Å². The van der Waals surface area contributed by atoms with Crippen LogP contribution < -0.4 is 5.32 Å². The number of anilines is 1. The Morgan fingerprint density at radius 2 is 2.14 bits per heavy atom. The molecule has 118 valence electrons. The molecule has 0 atom stereocenters. The highest BCUT2D eigenvalue weighted by molar-refractivity contribution is 7.18.